The van der Waals surface area contributed by atoms with E-state index in [1.54, 1.807) is 11.8 Å². The quantitative estimate of drug-likeness (QED) is 0.564. The molecule has 0 radical (unpaired) electrons. The monoisotopic (exact) mass is 359 g/mol. The molecule has 1 rings (SSSR count). The van der Waals surface area contributed by atoms with Gasteiger partial charge < -0.3 is 10.1 Å². The normalized spacial score (nSPS) is 13.8. The minimum atomic E-state index is -0.649. The lowest BCUT2D eigenvalue weighted by Crippen LogP contribution is -2.52. The van der Waals surface area contributed by atoms with Crippen LogP contribution in [0.15, 0.2) is 33.6 Å². The third kappa shape index (κ3) is 5.46. The van der Waals surface area contributed by atoms with Crippen molar-refractivity contribution in [1.82, 2.24) is 5.32 Å². The molecule has 0 aliphatic carbocycles. The smallest absolute Gasteiger partial charge is 0.326 e. The SMILES string of the molecule is CCCNC(C)(CSc1ccc(Br)cc1)C(=O)OCC. The maximum atomic E-state index is 12.1. The third-order valence-corrected chi connectivity index (χ3v) is 4.69. The van der Waals surface area contributed by atoms with Gasteiger partial charge in [-0.3, -0.25) is 4.79 Å². The number of thioether (sulfide) groups is 1. The molecule has 1 atom stereocenters. The predicted octanol–water partition coefficient (Wildman–Crippen LogP) is 3.86. The van der Waals surface area contributed by atoms with Gasteiger partial charge in [-0.25, -0.2) is 0 Å². The molecule has 0 spiro atoms. The van der Waals surface area contributed by atoms with Crippen LogP contribution < -0.4 is 5.32 Å². The summed E-state index contributed by atoms with van der Waals surface area (Å²) in [6, 6.07) is 8.09. The van der Waals surface area contributed by atoms with Gasteiger partial charge in [-0.15, -0.1) is 11.8 Å². The molecule has 0 saturated carbocycles. The van der Waals surface area contributed by atoms with E-state index in [1.165, 1.54) is 0 Å². The summed E-state index contributed by atoms with van der Waals surface area (Å²) in [5, 5.41) is 3.31. The molecule has 20 heavy (non-hydrogen) atoms. The lowest BCUT2D eigenvalue weighted by atomic mass is 10.1. The minimum absolute atomic E-state index is 0.182. The molecule has 0 fully saturated rings. The van der Waals surface area contributed by atoms with Crippen molar-refractivity contribution in [3.05, 3.63) is 28.7 Å². The van der Waals surface area contributed by atoms with Crippen LogP contribution in [0.3, 0.4) is 0 Å². The Kier molecular flexibility index (Phi) is 7.62. The van der Waals surface area contributed by atoms with Crippen LogP contribution in [-0.2, 0) is 9.53 Å². The summed E-state index contributed by atoms with van der Waals surface area (Å²) in [5.74, 6) is 0.464. The van der Waals surface area contributed by atoms with Crippen molar-refractivity contribution in [2.24, 2.45) is 0 Å². The number of rotatable bonds is 8. The van der Waals surface area contributed by atoms with E-state index in [9.17, 15) is 4.79 Å². The second-order valence-corrected chi connectivity index (χ2v) is 6.69. The second-order valence-electron chi connectivity index (χ2n) is 4.72. The lowest BCUT2D eigenvalue weighted by molar-refractivity contribution is -0.149. The molecule has 1 aromatic rings. The summed E-state index contributed by atoms with van der Waals surface area (Å²) >= 11 is 5.07. The molecule has 0 aliphatic rings. The van der Waals surface area contributed by atoms with Crippen LogP contribution in [0.5, 0.6) is 0 Å². The highest BCUT2D eigenvalue weighted by molar-refractivity contribution is 9.10. The van der Waals surface area contributed by atoms with E-state index in [-0.39, 0.29) is 5.97 Å². The first-order valence-electron chi connectivity index (χ1n) is 6.82. The number of hydrogen-bond donors (Lipinski definition) is 1. The number of esters is 1. The zero-order valence-electron chi connectivity index (χ0n) is 12.2. The van der Waals surface area contributed by atoms with Crippen LogP contribution in [0.1, 0.15) is 27.2 Å². The van der Waals surface area contributed by atoms with E-state index in [1.807, 2.05) is 38.1 Å². The van der Waals surface area contributed by atoms with Gasteiger partial charge in [0, 0.05) is 15.1 Å². The summed E-state index contributed by atoms with van der Waals surface area (Å²) in [6.45, 7) is 7.04. The summed E-state index contributed by atoms with van der Waals surface area (Å²) in [4.78, 5) is 13.3. The molecule has 0 saturated heterocycles. The molecule has 0 heterocycles. The number of hydrogen-bond acceptors (Lipinski definition) is 4. The van der Waals surface area contributed by atoms with Crippen molar-refractivity contribution in [3.63, 3.8) is 0 Å². The average molecular weight is 360 g/mol. The first-order chi connectivity index (χ1) is 9.51. The van der Waals surface area contributed by atoms with Gasteiger partial charge in [-0.1, -0.05) is 22.9 Å². The Labute approximate surface area is 134 Å². The largest absolute Gasteiger partial charge is 0.465 e. The zero-order valence-corrected chi connectivity index (χ0v) is 14.6. The molecule has 3 nitrogen and oxygen atoms in total. The Morgan fingerprint density at radius 1 is 1.35 bits per heavy atom. The topological polar surface area (TPSA) is 38.3 Å². The van der Waals surface area contributed by atoms with Crippen molar-refractivity contribution in [3.8, 4) is 0 Å². The Morgan fingerprint density at radius 2 is 2.00 bits per heavy atom. The first kappa shape index (κ1) is 17.5. The average Bonchev–Trinajstić information content (AvgIpc) is 2.45. The van der Waals surface area contributed by atoms with Crippen molar-refractivity contribution >= 4 is 33.7 Å². The summed E-state index contributed by atoms with van der Waals surface area (Å²) in [6.07, 6.45) is 0.984. The molecule has 5 heteroatoms. The molecule has 0 aromatic heterocycles. The standard InChI is InChI=1S/C15H22BrNO2S/c1-4-10-17-15(3,14(18)19-5-2)11-20-13-8-6-12(16)7-9-13/h6-9,17H,4-5,10-11H2,1-3H3. The maximum Gasteiger partial charge on any atom is 0.326 e. The van der Waals surface area contributed by atoms with E-state index in [0.717, 1.165) is 22.3 Å². The van der Waals surface area contributed by atoms with E-state index in [2.05, 4.69) is 28.2 Å². The van der Waals surface area contributed by atoms with Crippen LogP contribution in [0, 0.1) is 0 Å². The van der Waals surface area contributed by atoms with E-state index in [4.69, 9.17) is 4.74 Å². The molecule has 1 unspecified atom stereocenters. The first-order valence-corrected chi connectivity index (χ1v) is 8.60. The maximum absolute atomic E-state index is 12.1. The Hall–Kier alpha value is -0.520. The number of halogens is 1. The van der Waals surface area contributed by atoms with Gasteiger partial charge in [0.2, 0.25) is 0 Å². The van der Waals surface area contributed by atoms with Crippen molar-refractivity contribution in [2.45, 2.75) is 37.6 Å². The van der Waals surface area contributed by atoms with Gasteiger partial charge >= 0.3 is 5.97 Å². The van der Waals surface area contributed by atoms with Crippen molar-refractivity contribution < 1.29 is 9.53 Å². The molecule has 1 aromatic carbocycles. The van der Waals surface area contributed by atoms with Gasteiger partial charge in [-0.2, -0.15) is 0 Å². The van der Waals surface area contributed by atoms with Crippen LogP contribution >= 0.6 is 27.7 Å². The molecular weight excluding hydrogens is 338 g/mol. The van der Waals surface area contributed by atoms with Crippen LogP contribution in [0.25, 0.3) is 0 Å². The number of carbonyl (C=O) groups excluding carboxylic acids is 1. The third-order valence-electron chi connectivity index (χ3n) is 2.83. The fourth-order valence-corrected chi connectivity index (χ4v) is 2.90. The highest BCUT2D eigenvalue weighted by Crippen LogP contribution is 2.25. The van der Waals surface area contributed by atoms with Gasteiger partial charge in [0.05, 0.1) is 6.61 Å². The summed E-state index contributed by atoms with van der Waals surface area (Å²) < 4.78 is 6.24. The summed E-state index contributed by atoms with van der Waals surface area (Å²) in [7, 11) is 0. The molecule has 0 aliphatic heterocycles. The number of ether oxygens (including phenoxy) is 1. The molecular formula is C15H22BrNO2S. The molecule has 0 bridgehead atoms. The highest BCUT2D eigenvalue weighted by Gasteiger charge is 2.34. The fraction of sp³-hybridized carbons (Fsp3) is 0.533. The lowest BCUT2D eigenvalue weighted by Gasteiger charge is -2.28. The van der Waals surface area contributed by atoms with Gasteiger partial charge in [-0.05, 0) is 51.1 Å². The number of benzene rings is 1. The highest BCUT2D eigenvalue weighted by atomic mass is 79.9. The van der Waals surface area contributed by atoms with Crippen LogP contribution in [0.2, 0.25) is 0 Å². The van der Waals surface area contributed by atoms with Crippen LogP contribution in [0.4, 0.5) is 0 Å². The van der Waals surface area contributed by atoms with Crippen molar-refractivity contribution in [1.29, 1.82) is 0 Å². The zero-order chi connectivity index (χ0) is 15.0. The van der Waals surface area contributed by atoms with Gasteiger partial charge in [0.1, 0.15) is 5.54 Å². The minimum Gasteiger partial charge on any atom is -0.465 e. The molecule has 112 valence electrons. The number of carbonyl (C=O) groups is 1. The van der Waals surface area contributed by atoms with E-state index >= 15 is 0 Å². The Bertz CT molecular complexity index is 424. The van der Waals surface area contributed by atoms with Gasteiger partial charge in [0.25, 0.3) is 0 Å². The fourth-order valence-electron chi connectivity index (χ4n) is 1.63. The van der Waals surface area contributed by atoms with Crippen LogP contribution in [-0.4, -0.2) is 30.4 Å². The predicted molar refractivity (Wildman–Crippen MR) is 88.2 cm³/mol. The Balaban J connectivity index is 2.68. The molecule has 0 amide bonds. The molecule has 1 N–H and O–H groups in total. The van der Waals surface area contributed by atoms with Crippen molar-refractivity contribution in [2.75, 3.05) is 18.9 Å². The number of nitrogens with one attached hydrogen (secondary N) is 1. The van der Waals surface area contributed by atoms with E-state index in [0.29, 0.717) is 12.4 Å². The van der Waals surface area contributed by atoms with E-state index < -0.39 is 5.54 Å². The Morgan fingerprint density at radius 3 is 2.55 bits per heavy atom. The summed E-state index contributed by atoms with van der Waals surface area (Å²) in [5.41, 5.74) is -0.649. The van der Waals surface area contributed by atoms with Gasteiger partial charge in [0.15, 0.2) is 0 Å². The second kappa shape index (κ2) is 8.70.